The predicted octanol–water partition coefficient (Wildman–Crippen LogP) is 3.91. The van der Waals surface area contributed by atoms with Crippen LogP contribution in [0.5, 0.6) is 0 Å². The van der Waals surface area contributed by atoms with Gasteiger partial charge in [0, 0.05) is 31.1 Å². The van der Waals surface area contributed by atoms with Gasteiger partial charge in [0.15, 0.2) is 5.82 Å². The largest absolute Gasteiger partial charge is 0.348 e. The number of halogens is 1. The SMILES string of the molecule is CCCC(=O)N(C)Cc1ccc(Cl)c(-c2nc(-c3ccccc3)nc(=O)[nH]2)c1. The molecule has 0 saturated heterocycles. The summed E-state index contributed by atoms with van der Waals surface area (Å²) in [5.74, 6) is 0.755. The Bertz CT molecular complexity index is 1030. The Balaban J connectivity index is 1.96. The van der Waals surface area contributed by atoms with Gasteiger partial charge in [-0.2, -0.15) is 4.98 Å². The summed E-state index contributed by atoms with van der Waals surface area (Å²) >= 11 is 6.37. The van der Waals surface area contributed by atoms with Gasteiger partial charge < -0.3 is 4.90 Å². The number of hydrogen-bond acceptors (Lipinski definition) is 4. The van der Waals surface area contributed by atoms with Gasteiger partial charge in [-0.3, -0.25) is 9.78 Å². The third-order valence-corrected chi connectivity index (χ3v) is 4.61. The molecule has 6 nitrogen and oxygen atoms in total. The first kappa shape index (κ1) is 19.8. The Morgan fingerprint density at radius 2 is 1.89 bits per heavy atom. The number of nitrogens with one attached hydrogen (secondary N) is 1. The van der Waals surface area contributed by atoms with E-state index in [2.05, 4.69) is 15.0 Å². The number of aromatic nitrogens is 3. The molecule has 0 aliphatic carbocycles. The summed E-state index contributed by atoms with van der Waals surface area (Å²) in [6.07, 6.45) is 1.32. The molecule has 0 aliphatic rings. The van der Waals surface area contributed by atoms with Crippen molar-refractivity contribution >= 4 is 17.5 Å². The van der Waals surface area contributed by atoms with E-state index in [0.29, 0.717) is 35.2 Å². The standard InChI is InChI=1S/C21H21ClN4O2/c1-3-7-18(27)26(2)13-14-10-11-17(22)16(12-14)20-23-19(24-21(28)25-20)15-8-5-4-6-9-15/h4-6,8-12H,3,7,13H2,1-2H3,(H,23,24,25,28). The monoisotopic (exact) mass is 396 g/mol. The molecular formula is C21H21ClN4O2. The fourth-order valence-corrected chi connectivity index (χ4v) is 3.05. The van der Waals surface area contributed by atoms with Crippen LogP contribution >= 0.6 is 11.6 Å². The summed E-state index contributed by atoms with van der Waals surface area (Å²) in [5, 5.41) is 0.458. The molecule has 7 heteroatoms. The molecule has 1 heterocycles. The Kier molecular flexibility index (Phi) is 6.21. The zero-order chi connectivity index (χ0) is 20.1. The van der Waals surface area contributed by atoms with Crippen molar-refractivity contribution in [3.63, 3.8) is 0 Å². The van der Waals surface area contributed by atoms with Gasteiger partial charge >= 0.3 is 5.69 Å². The molecule has 0 unspecified atom stereocenters. The van der Waals surface area contributed by atoms with E-state index in [1.807, 2.05) is 49.4 Å². The predicted molar refractivity (Wildman–Crippen MR) is 110 cm³/mol. The van der Waals surface area contributed by atoms with Crippen LogP contribution < -0.4 is 5.69 Å². The van der Waals surface area contributed by atoms with Crippen LogP contribution in [0.15, 0.2) is 53.3 Å². The van der Waals surface area contributed by atoms with Crippen LogP contribution in [0.4, 0.5) is 0 Å². The summed E-state index contributed by atoms with van der Waals surface area (Å²) in [6.45, 7) is 2.42. The van der Waals surface area contributed by atoms with E-state index in [-0.39, 0.29) is 5.91 Å². The van der Waals surface area contributed by atoms with E-state index in [0.717, 1.165) is 17.5 Å². The van der Waals surface area contributed by atoms with Gasteiger partial charge in [-0.1, -0.05) is 54.9 Å². The first-order valence-electron chi connectivity index (χ1n) is 9.04. The molecule has 3 aromatic rings. The van der Waals surface area contributed by atoms with Crippen LogP contribution in [0.1, 0.15) is 25.3 Å². The van der Waals surface area contributed by atoms with Crippen LogP contribution in [-0.2, 0) is 11.3 Å². The second kappa shape index (κ2) is 8.80. The maximum absolute atomic E-state index is 12.1. The zero-order valence-corrected chi connectivity index (χ0v) is 16.5. The smallest absolute Gasteiger partial charge is 0.341 e. The molecule has 0 aliphatic heterocycles. The lowest BCUT2D eigenvalue weighted by molar-refractivity contribution is -0.130. The highest BCUT2D eigenvalue weighted by Crippen LogP contribution is 2.27. The quantitative estimate of drug-likeness (QED) is 0.685. The van der Waals surface area contributed by atoms with Gasteiger partial charge in [-0.25, -0.2) is 9.78 Å². The molecule has 3 rings (SSSR count). The molecule has 144 valence electrons. The topological polar surface area (TPSA) is 79.0 Å². The molecule has 0 radical (unpaired) electrons. The van der Waals surface area contributed by atoms with Gasteiger partial charge in [-0.05, 0) is 24.1 Å². The minimum Gasteiger partial charge on any atom is -0.341 e. The molecule has 0 saturated carbocycles. The van der Waals surface area contributed by atoms with Gasteiger partial charge in [-0.15, -0.1) is 0 Å². The number of carbonyl (C=O) groups excluding carboxylic acids is 1. The average molecular weight is 397 g/mol. The lowest BCUT2D eigenvalue weighted by atomic mass is 10.1. The summed E-state index contributed by atoms with van der Waals surface area (Å²) in [5.41, 5.74) is 1.73. The summed E-state index contributed by atoms with van der Waals surface area (Å²) in [7, 11) is 1.77. The number of benzene rings is 2. The van der Waals surface area contributed by atoms with Crippen molar-refractivity contribution in [3.8, 4) is 22.8 Å². The molecule has 2 aromatic carbocycles. The normalized spacial score (nSPS) is 10.7. The highest BCUT2D eigenvalue weighted by molar-refractivity contribution is 6.33. The Labute approximate surface area is 168 Å². The van der Waals surface area contributed by atoms with Gasteiger partial charge in [0.25, 0.3) is 0 Å². The summed E-state index contributed by atoms with van der Waals surface area (Å²) in [4.78, 5) is 36.9. The second-order valence-electron chi connectivity index (χ2n) is 6.51. The van der Waals surface area contributed by atoms with Crippen LogP contribution in [0.2, 0.25) is 5.02 Å². The van der Waals surface area contributed by atoms with Gasteiger partial charge in [0.05, 0.1) is 5.02 Å². The number of nitrogens with zero attached hydrogens (tertiary/aromatic N) is 3. The van der Waals surface area contributed by atoms with Crippen molar-refractivity contribution in [1.29, 1.82) is 0 Å². The Hall–Kier alpha value is -2.99. The van der Waals surface area contributed by atoms with E-state index >= 15 is 0 Å². The van der Waals surface area contributed by atoms with Crippen molar-refractivity contribution in [3.05, 3.63) is 69.6 Å². The maximum Gasteiger partial charge on any atom is 0.348 e. The van der Waals surface area contributed by atoms with E-state index < -0.39 is 5.69 Å². The molecule has 1 N–H and O–H groups in total. The molecular weight excluding hydrogens is 376 g/mol. The van der Waals surface area contributed by atoms with Crippen molar-refractivity contribution in [1.82, 2.24) is 19.9 Å². The Morgan fingerprint density at radius 1 is 1.14 bits per heavy atom. The molecule has 1 amide bonds. The number of H-pyrrole nitrogens is 1. The highest BCUT2D eigenvalue weighted by atomic mass is 35.5. The molecule has 0 atom stereocenters. The lowest BCUT2D eigenvalue weighted by Crippen LogP contribution is -2.25. The number of aromatic amines is 1. The Morgan fingerprint density at radius 3 is 2.61 bits per heavy atom. The van der Waals surface area contributed by atoms with E-state index in [4.69, 9.17) is 11.6 Å². The van der Waals surface area contributed by atoms with Crippen LogP contribution in [0.25, 0.3) is 22.8 Å². The minimum absolute atomic E-state index is 0.0841. The molecule has 0 spiro atoms. The molecule has 0 bridgehead atoms. The molecule has 1 aromatic heterocycles. The van der Waals surface area contributed by atoms with E-state index in [9.17, 15) is 9.59 Å². The number of hydrogen-bond donors (Lipinski definition) is 1. The van der Waals surface area contributed by atoms with Crippen molar-refractivity contribution in [2.75, 3.05) is 7.05 Å². The number of carbonyl (C=O) groups is 1. The fourth-order valence-electron chi connectivity index (χ4n) is 2.85. The van der Waals surface area contributed by atoms with Crippen molar-refractivity contribution in [2.24, 2.45) is 0 Å². The van der Waals surface area contributed by atoms with E-state index in [1.165, 1.54) is 0 Å². The molecule has 0 fully saturated rings. The third-order valence-electron chi connectivity index (χ3n) is 4.28. The minimum atomic E-state index is -0.499. The lowest BCUT2D eigenvalue weighted by Gasteiger charge is -2.17. The maximum atomic E-state index is 12.1. The first-order valence-corrected chi connectivity index (χ1v) is 9.42. The van der Waals surface area contributed by atoms with Crippen LogP contribution in [0.3, 0.4) is 0 Å². The highest BCUT2D eigenvalue weighted by Gasteiger charge is 2.13. The number of rotatable bonds is 6. The second-order valence-corrected chi connectivity index (χ2v) is 6.91. The van der Waals surface area contributed by atoms with Crippen molar-refractivity contribution < 1.29 is 4.79 Å². The van der Waals surface area contributed by atoms with Crippen LogP contribution in [-0.4, -0.2) is 32.8 Å². The van der Waals surface area contributed by atoms with Crippen molar-refractivity contribution in [2.45, 2.75) is 26.3 Å². The summed E-state index contributed by atoms with van der Waals surface area (Å²) in [6, 6.07) is 14.7. The molecule has 28 heavy (non-hydrogen) atoms. The zero-order valence-electron chi connectivity index (χ0n) is 15.8. The van der Waals surface area contributed by atoms with Gasteiger partial charge in [0.2, 0.25) is 5.91 Å². The average Bonchev–Trinajstić information content (AvgIpc) is 2.69. The first-order chi connectivity index (χ1) is 13.5. The fraction of sp³-hybridized carbons (Fsp3) is 0.238. The third kappa shape index (κ3) is 4.64. The number of amides is 1. The van der Waals surface area contributed by atoms with Crippen LogP contribution in [0, 0.1) is 0 Å². The van der Waals surface area contributed by atoms with Gasteiger partial charge in [0.1, 0.15) is 5.82 Å². The van der Waals surface area contributed by atoms with E-state index in [1.54, 1.807) is 18.0 Å². The summed E-state index contributed by atoms with van der Waals surface area (Å²) < 4.78 is 0.